The molecule has 0 aromatic heterocycles. The zero-order valence-electron chi connectivity index (χ0n) is 17.3. The first-order chi connectivity index (χ1) is 14.8. The van der Waals surface area contributed by atoms with Crippen LogP contribution < -0.4 is 10.1 Å². The molecule has 1 aliphatic heterocycles. The van der Waals surface area contributed by atoms with E-state index in [0.717, 1.165) is 18.9 Å². The normalized spacial score (nSPS) is 25.7. The minimum atomic E-state index is -1.31. The number of piperidine rings is 1. The van der Waals surface area contributed by atoms with Gasteiger partial charge >= 0.3 is 18.1 Å². The molecule has 3 atom stereocenters. The lowest BCUT2D eigenvalue weighted by molar-refractivity contribution is -0.143. The molecular formula is C22H29NO8. The maximum absolute atomic E-state index is 10.4. The highest BCUT2D eigenvalue weighted by molar-refractivity contribution is 5.75. The van der Waals surface area contributed by atoms with Crippen molar-refractivity contribution in [1.82, 2.24) is 5.32 Å². The van der Waals surface area contributed by atoms with Gasteiger partial charge in [-0.1, -0.05) is 18.9 Å². The average Bonchev–Trinajstić information content (AvgIpc) is 2.73. The van der Waals surface area contributed by atoms with E-state index in [-0.39, 0.29) is 25.0 Å². The molecule has 2 aliphatic carbocycles. The lowest BCUT2D eigenvalue weighted by Crippen LogP contribution is -2.59. The minimum absolute atomic E-state index is 0.255. The molecule has 3 aliphatic rings. The van der Waals surface area contributed by atoms with E-state index in [9.17, 15) is 14.4 Å². The average molecular weight is 435 g/mol. The van der Waals surface area contributed by atoms with Gasteiger partial charge in [-0.25, -0.2) is 4.79 Å². The van der Waals surface area contributed by atoms with E-state index in [2.05, 4.69) is 22.2 Å². The van der Waals surface area contributed by atoms with Gasteiger partial charge in [0.15, 0.2) is 0 Å². The zero-order valence-corrected chi connectivity index (χ0v) is 17.3. The SMILES string of the molecule is O=C(O)CCC(=O)O.O=C(O)OCOc1ccc2c(c1)[C@@]13CCCC[C@H]1[C@@H](C2)NCC3. The molecule has 0 spiro atoms. The quantitative estimate of drug-likeness (QED) is 0.392. The van der Waals surface area contributed by atoms with Gasteiger partial charge in [0, 0.05) is 11.5 Å². The highest BCUT2D eigenvalue weighted by Crippen LogP contribution is 2.54. The summed E-state index contributed by atoms with van der Waals surface area (Å²) in [5, 5.41) is 28.1. The van der Waals surface area contributed by atoms with Gasteiger partial charge in [-0.3, -0.25) is 9.59 Å². The molecule has 1 aromatic rings. The molecule has 1 aromatic carbocycles. The summed E-state index contributed by atoms with van der Waals surface area (Å²) in [7, 11) is 0. The Labute approximate surface area is 180 Å². The van der Waals surface area contributed by atoms with Crippen molar-refractivity contribution in [2.75, 3.05) is 13.3 Å². The Morgan fingerprint density at radius 1 is 1.06 bits per heavy atom. The molecule has 0 radical (unpaired) electrons. The van der Waals surface area contributed by atoms with E-state index >= 15 is 0 Å². The third-order valence-corrected chi connectivity index (χ3v) is 6.58. The molecule has 9 heteroatoms. The van der Waals surface area contributed by atoms with E-state index < -0.39 is 18.1 Å². The summed E-state index contributed by atoms with van der Waals surface area (Å²) < 4.78 is 9.94. The molecule has 2 bridgehead atoms. The molecule has 1 saturated carbocycles. The predicted octanol–water partition coefficient (Wildman–Crippen LogP) is 3.00. The van der Waals surface area contributed by atoms with Crippen molar-refractivity contribution in [2.24, 2.45) is 5.92 Å². The molecule has 2 fully saturated rings. The maximum atomic E-state index is 10.4. The standard InChI is InChI=1S/C18H23NO4.C4H6O4/c20-17(21)23-11-22-13-5-4-12-9-16-14-3-1-2-6-18(14,7-8-19-16)15(12)10-13;5-3(6)1-2-4(7)8/h4-5,10,14,16,19H,1-3,6-9,11H2,(H,20,21);1-2H2,(H,5,6)(H,7,8)/t14-,16+,18+;/m0./s1. The first-order valence-corrected chi connectivity index (χ1v) is 10.6. The van der Waals surface area contributed by atoms with Gasteiger partial charge < -0.3 is 30.1 Å². The lowest BCUT2D eigenvalue weighted by Gasteiger charge is -2.56. The summed E-state index contributed by atoms with van der Waals surface area (Å²) in [6, 6.07) is 6.83. The Bertz CT molecular complexity index is 808. The molecule has 4 N–H and O–H groups in total. The summed E-state index contributed by atoms with van der Waals surface area (Å²) in [6.07, 6.45) is 5.59. The number of hydrogen-bond acceptors (Lipinski definition) is 6. The number of hydrogen-bond donors (Lipinski definition) is 4. The molecule has 1 saturated heterocycles. The number of aliphatic carboxylic acids is 2. The lowest BCUT2D eigenvalue weighted by atomic mass is 9.53. The van der Waals surface area contributed by atoms with E-state index in [1.54, 1.807) is 0 Å². The van der Waals surface area contributed by atoms with Crippen molar-refractivity contribution in [1.29, 1.82) is 0 Å². The van der Waals surface area contributed by atoms with E-state index in [1.807, 2.05) is 6.07 Å². The van der Waals surface area contributed by atoms with Gasteiger partial charge in [0.1, 0.15) is 5.75 Å². The zero-order chi connectivity index (χ0) is 22.4. The Morgan fingerprint density at radius 2 is 1.81 bits per heavy atom. The number of carboxylic acids is 2. The molecule has 9 nitrogen and oxygen atoms in total. The summed E-state index contributed by atoms with van der Waals surface area (Å²) in [6.45, 7) is 0.836. The summed E-state index contributed by atoms with van der Waals surface area (Å²) in [4.78, 5) is 29.7. The van der Waals surface area contributed by atoms with Gasteiger partial charge in [-0.2, -0.15) is 0 Å². The number of ether oxygens (including phenoxy) is 2. The van der Waals surface area contributed by atoms with Crippen LogP contribution in [0.1, 0.15) is 56.1 Å². The molecule has 4 rings (SSSR count). The van der Waals surface area contributed by atoms with Crippen LogP contribution in [0.2, 0.25) is 0 Å². The van der Waals surface area contributed by atoms with Crippen molar-refractivity contribution in [3.05, 3.63) is 29.3 Å². The van der Waals surface area contributed by atoms with Crippen LogP contribution in [0.15, 0.2) is 18.2 Å². The smallest absolute Gasteiger partial charge is 0.481 e. The van der Waals surface area contributed by atoms with Gasteiger partial charge in [0.25, 0.3) is 0 Å². The van der Waals surface area contributed by atoms with Crippen molar-refractivity contribution in [3.63, 3.8) is 0 Å². The number of benzene rings is 1. The maximum Gasteiger partial charge on any atom is 0.508 e. The molecular weight excluding hydrogens is 406 g/mol. The van der Waals surface area contributed by atoms with Crippen LogP contribution in [-0.4, -0.2) is 52.8 Å². The van der Waals surface area contributed by atoms with Crippen LogP contribution in [0, 0.1) is 5.92 Å². The Morgan fingerprint density at radius 3 is 2.48 bits per heavy atom. The second-order valence-electron chi connectivity index (χ2n) is 8.30. The van der Waals surface area contributed by atoms with Crippen molar-refractivity contribution < 1.29 is 39.2 Å². The summed E-state index contributed by atoms with van der Waals surface area (Å²) in [5.41, 5.74) is 3.15. The number of carboxylic acid groups (broad SMARTS) is 3. The minimum Gasteiger partial charge on any atom is -0.481 e. The molecule has 31 heavy (non-hydrogen) atoms. The van der Waals surface area contributed by atoms with E-state index in [4.69, 9.17) is 20.1 Å². The van der Waals surface area contributed by atoms with Crippen LogP contribution in [0.5, 0.6) is 5.75 Å². The first kappa shape index (κ1) is 22.9. The molecule has 0 unspecified atom stereocenters. The Hall–Kier alpha value is -2.81. The molecule has 1 heterocycles. The summed E-state index contributed by atoms with van der Waals surface area (Å²) in [5.74, 6) is -0.719. The van der Waals surface area contributed by atoms with Gasteiger partial charge in [-0.05, 0) is 61.4 Å². The molecule has 170 valence electrons. The third-order valence-electron chi connectivity index (χ3n) is 6.58. The second-order valence-corrected chi connectivity index (χ2v) is 8.30. The molecule has 0 amide bonds. The largest absolute Gasteiger partial charge is 0.508 e. The number of fused-ring (bicyclic) bond motifs is 1. The van der Waals surface area contributed by atoms with Crippen LogP contribution in [0.25, 0.3) is 0 Å². The highest BCUT2D eigenvalue weighted by atomic mass is 16.7. The van der Waals surface area contributed by atoms with Crippen molar-refractivity contribution in [2.45, 2.75) is 62.8 Å². The van der Waals surface area contributed by atoms with Crippen molar-refractivity contribution in [3.8, 4) is 5.75 Å². The van der Waals surface area contributed by atoms with E-state index in [0.29, 0.717) is 11.8 Å². The van der Waals surface area contributed by atoms with Crippen molar-refractivity contribution >= 4 is 18.1 Å². The first-order valence-electron chi connectivity index (χ1n) is 10.6. The Balaban J connectivity index is 0.000000293. The van der Waals surface area contributed by atoms with Crippen LogP contribution >= 0.6 is 0 Å². The van der Waals surface area contributed by atoms with Gasteiger partial charge in [0.05, 0.1) is 12.8 Å². The fraction of sp³-hybridized carbons (Fsp3) is 0.591. The van der Waals surface area contributed by atoms with Gasteiger partial charge in [0.2, 0.25) is 6.79 Å². The number of rotatable bonds is 6. The number of carbonyl (C=O) groups is 3. The second kappa shape index (κ2) is 10.00. The fourth-order valence-corrected chi connectivity index (χ4v) is 5.36. The predicted molar refractivity (Wildman–Crippen MR) is 109 cm³/mol. The summed E-state index contributed by atoms with van der Waals surface area (Å²) >= 11 is 0. The topological polar surface area (TPSA) is 142 Å². The van der Waals surface area contributed by atoms with Crippen LogP contribution in [-0.2, 0) is 26.2 Å². The monoisotopic (exact) mass is 435 g/mol. The van der Waals surface area contributed by atoms with Crippen LogP contribution in [0.3, 0.4) is 0 Å². The third kappa shape index (κ3) is 5.46. The van der Waals surface area contributed by atoms with Gasteiger partial charge in [-0.15, -0.1) is 0 Å². The van der Waals surface area contributed by atoms with E-state index in [1.165, 1.54) is 43.2 Å². The number of nitrogens with one attached hydrogen (secondary N) is 1. The Kier molecular flexibility index (Phi) is 7.37. The van der Waals surface area contributed by atoms with Crippen LogP contribution in [0.4, 0.5) is 4.79 Å². The fourth-order valence-electron chi connectivity index (χ4n) is 5.36. The highest BCUT2D eigenvalue weighted by Gasteiger charge is 2.51.